The van der Waals surface area contributed by atoms with Gasteiger partial charge < -0.3 is 10.2 Å². The van der Waals surface area contributed by atoms with Gasteiger partial charge in [-0.3, -0.25) is 9.59 Å². The Hall–Kier alpha value is -2.82. The predicted octanol–water partition coefficient (Wildman–Crippen LogP) is 5.54. The van der Waals surface area contributed by atoms with Crippen molar-refractivity contribution in [3.05, 3.63) is 105 Å². The van der Waals surface area contributed by atoms with Gasteiger partial charge in [-0.1, -0.05) is 83.4 Å². The molecule has 0 saturated carbocycles. The van der Waals surface area contributed by atoms with Crippen molar-refractivity contribution in [2.24, 2.45) is 0 Å². The van der Waals surface area contributed by atoms with E-state index in [2.05, 4.69) is 5.32 Å². The first-order valence-electron chi connectivity index (χ1n) is 10.8. The third kappa shape index (κ3) is 6.59. The molecule has 4 nitrogen and oxygen atoms in total. The standard InChI is InChI=1S/C27H28Cl2N2O2/c1-18-9-10-19(2)22(13-18)15-26(32)31(17-21-11-12-23(28)16-24(21)29)25(27(33)30-3)14-20-7-5-4-6-8-20/h4-13,16,25H,14-15,17H2,1-3H3,(H,30,33)/t25-/m0/s1. The number of hydrogen-bond donors (Lipinski definition) is 1. The molecule has 0 radical (unpaired) electrons. The zero-order chi connectivity index (χ0) is 24.0. The van der Waals surface area contributed by atoms with Crippen LogP contribution in [0.1, 0.15) is 27.8 Å². The number of benzene rings is 3. The van der Waals surface area contributed by atoms with Gasteiger partial charge >= 0.3 is 0 Å². The van der Waals surface area contributed by atoms with Gasteiger partial charge in [0.15, 0.2) is 0 Å². The van der Waals surface area contributed by atoms with E-state index in [-0.39, 0.29) is 24.8 Å². The maximum atomic E-state index is 13.7. The lowest BCUT2D eigenvalue weighted by atomic mass is 9.99. The van der Waals surface area contributed by atoms with E-state index in [1.54, 1.807) is 30.1 Å². The summed E-state index contributed by atoms with van der Waals surface area (Å²) >= 11 is 12.5. The first-order chi connectivity index (χ1) is 15.8. The highest BCUT2D eigenvalue weighted by Crippen LogP contribution is 2.25. The number of amides is 2. The van der Waals surface area contributed by atoms with E-state index in [1.165, 1.54) is 0 Å². The lowest BCUT2D eigenvalue weighted by molar-refractivity contribution is -0.140. The van der Waals surface area contributed by atoms with Gasteiger partial charge in [-0.2, -0.15) is 0 Å². The minimum Gasteiger partial charge on any atom is -0.357 e. The molecule has 3 aromatic carbocycles. The van der Waals surface area contributed by atoms with Crippen LogP contribution in [0.2, 0.25) is 10.0 Å². The monoisotopic (exact) mass is 482 g/mol. The Morgan fingerprint density at radius 1 is 0.939 bits per heavy atom. The van der Waals surface area contributed by atoms with Gasteiger partial charge in [0.1, 0.15) is 6.04 Å². The second kappa shape index (κ2) is 11.4. The van der Waals surface area contributed by atoms with Crippen molar-refractivity contribution in [3.63, 3.8) is 0 Å². The molecule has 1 atom stereocenters. The number of aryl methyl sites for hydroxylation is 2. The van der Waals surface area contributed by atoms with Crippen molar-refractivity contribution < 1.29 is 9.59 Å². The van der Waals surface area contributed by atoms with Crippen LogP contribution in [0, 0.1) is 13.8 Å². The summed E-state index contributed by atoms with van der Waals surface area (Å²) in [5, 5.41) is 3.71. The van der Waals surface area contributed by atoms with E-state index in [0.717, 1.165) is 27.8 Å². The van der Waals surface area contributed by atoms with Crippen LogP contribution in [-0.2, 0) is 29.0 Å². The van der Waals surface area contributed by atoms with E-state index in [1.807, 2.05) is 62.4 Å². The molecule has 6 heteroatoms. The van der Waals surface area contributed by atoms with E-state index in [9.17, 15) is 9.59 Å². The fourth-order valence-electron chi connectivity index (χ4n) is 3.81. The second-order valence-corrected chi connectivity index (χ2v) is 9.03. The van der Waals surface area contributed by atoms with Crippen molar-refractivity contribution in [1.29, 1.82) is 0 Å². The first-order valence-corrected chi connectivity index (χ1v) is 11.6. The Morgan fingerprint density at radius 3 is 2.33 bits per heavy atom. The summed E-state index contributed by atoms with van der Waals surface area (Å²) in [4.78, 5) is 28.3. The van der Waals surface area contributed by atoms with Crippen LogP contribution in [0.3, 0.4) is 0 Å². The van der Waals surface area contributed by atoms with E-state index < -0.39 is 6.04 Å². The molecule has 3 rings (SSSR count). The maximum absolute atomic E-state index is 13.7. The predicted molar refractivity (Wildman–Crippen MR) is 135 cm³/mol. The Labute approximate surface area is 205 Å². The quantitative estimate of drug-likeness (QED) is 0.458. The van der Waals surface area contributed by atoms with Crippen molar-refractivity contribution in [2.45, 2.75) is 39.3 Å². The zero-order valence-corrected chi connectivity index (χ0v) is 20.6. The summed E-state index contributed by atoms with van der Waals surface area (Å²) < 4.78 is 0. The molecule has 0 unspecified atom stereocenters. The van der Waals surface area contributed by atoms with Gasteiger partial charge in [-0.05, 0) is 48.2 Å². The molecule has 0 fully saturated rings. The number of carbonyl (C=O) groups excluding carboxylic acids is 2. The Kier molecular flexibility index (Phi) is 8.54. The highest BCUT2D eigenvalue weighted by molar-refractivity contribution is 6.35. The van der Waals surface area contributed by atoms with Crippen LogP contribution in [-0.4, -0.2) is 29.8 Å². The molecular formula is C27H28Cl2N2O2. The number of nitrogens with zero attached hydrogens (tertiary/aromatic N) is 1. The van der Waals surface area contributed by atoms with Crippen molar-refractivity contribution >= 4 is 35.0 Å². The molecule has 0 aliphatic heterocycles. The molecule has 2 amide bonds. The summed E-state index contributed by atoms with van der Waals surface area (Å²) in [5.41, 5.74) is 4.78. The zero-order valence-electron chi connectivity index (χ0n) is 19.1. The minimum atomic E-state index is -0.693. The lowest BCUT2D eigenvalue weighted by Gasteiger charge is -2.31. The average Bonchev–Trinajstić information content (AvgIpc) is 2.80. The number of carbonyl (C=O) groups is 2. The van der Waals surface area contributed by atoms with Crippen LogP contribution in [0.5, 0.6) is 0 Å². The Balaban J connectivity index is 2.00. The largest absolute Gasteiger partial charge is 0.357 e. The van der Waals surface area contributed by atoms with Gasteiger partial charge in [0.05, 0.1) is 6.42 Å². The van der Waals surface area contributed by atoms with Crippen molar-refractivity contribution in [3.8, 4) is 0 Å². The summed E-state index contributed by atoms with van der Waals surface area (Å²) in [6.07, 6.45) is 0.589. The third-order valence-electron chi connectivity index (χ3n) is 5.72. The third-order valence-corrected chi connectivity index (χ3v) is 6.31. The number of hydrogen-bond acceptors (Lipinski definition) is 2. The first kappa shape index (κ1) is 24.8. The Morgan fingerprint density at radius 2 is 1.67 bits per heavy atom. The summed E-state index contributed by atoms with van der Waals surface area (Å²) in [6, 6.07) is 20.2. The summed E-state index contributed by atoms with van der Waals surface area (Å²) in [7, 11) is 1.59. The van der Waals surface area contributed by atoms with E-state index in [0.29, 0.717) is 16.5 Å². The molecule has 0 saturated heterocycles. The highest BCUT2D eigenvalue weighted by atomic mass is 35.5. The molecule has 172 valence electrons. The molecule has 0 heterocycles. The number of rotatable bonds is 8. The van der Waals surface area contributed by atoms with Crippen LogP contribution in [0.25, 0.3) is 0 Å². The summed E-state index contributed by atoms with van der Waals surface area (Å²) in [6.45, 7) is 4.19. The van der Waals surface area contributed by atoms with Gasteiger partial charge in [-0.15, -0.1) is 0 Å². The molecular weight excluding hydrogens is 455 g/mol. The molecule has 33 heavy (non-hydrogen) atoms. The summed E-state index contributed by atoms with van der Waals surface area (Å²) in [5.74, 6) is -0.363. The van der Waals surface area contributed by atoms with Gasteiger partial charge in [0.2, 0.25) is 11.8 Å². The van der Waals surface area contributed by atoms with Crippen LogP contribution in [0.15, 0.2) is 66.7 Å². The molecule has 3 aromatic rings. The lowest BCUT2D eigenvalue weighted by Crippen LogP contribution is -2.50. The number of likely N-dealkylation sites (N-methyl/N-ethyl adjacent to an activating group) is 1. The van der Waals surface area contributed by atoms with Crippen LogP contribution < -0.4 is 5.32 Å². The molecule has 0 bridgehead atoms. The van der Waals surface area contributed by atoms with Crippen molar-refractivity contribution in [2.75, 3.05) is 7.05 Å². The molecule has 1 N–H and O–H groups in total. The fraction of sp³-hybridized carbons (Fsp3) is 0.259. The SMILES string of the molecule is CNC(=O)[C@H](Cc1ccccc1)N(Cc1ccc(Cl)cc1Cl)C(=O)Cc1cc(C)ccc1C. The molecule has 0 aliphatic rings. The normalized spacial score (nSPS) is 11.7. The van der Waals surface area contributed by atoms with E-state index >= 15 is 0 Å². The minimum absolute atomic E-state index is 0.140. The fourth-order valence-corrected chi connectivity index (χ4v) is 4.28. The van der Waals surface area contributed by atoms with Crippen molar-refractivity contribution in [1.82, 2.24) is 10.2 Å². The smallest absolute Gasteiger partial charge is 0.242 e. The Bertz CT molecular complexity index is 1130. The van der Waals surface area contributed by atoms with Gasteiger partial charge in [0.25, 0.3) is 0 Å². The number of nitrogens with one attached hydrogen (secondary N) is 1. The van der Waals surface area contributed by atoms with E-state index in [4.69, 9.17) is 23.2 Å². The number of halogens is 2. The molecule has 0 aliphatic carbocycles. The van der Waals surface area contributed by atoms with Gasteiger partial charge in [-0.25, -0.2) is 0 Å². The maximum Gasteiger partial charge on any atom is 0.242 e. The molecule has 0 spiro atoms. The highest BCUT2D eigenvalue weighted by Gasteiger charge is 2.30. The van der Waals surface area contributed by atoms with Crippen LogP contribution >= 0.6 is 23.2 Å². The average molecular weight is 483 g/mol. The van der Waals surface area contributed by atoms with Crippen LogP contribution in [0.4, 0.5) is 0 Å². The molecule has 0 aromatic heterocycles. The second-order valence-electron chi connectivity index (χ2n) is 8.18. The topological polar surface area (TPSA) is 49.4 Å². The van der Waals surface area contributed by atoms with Gasteiger partial charge in [0, 0.05) is 30.1 Å².